The molecule has 0 aliphatic heterocycles. The second-order valence-electron chi connectivity index (χ2n) is 6.78. The fourth-order valence-electron chi connectivity index (χ4n) is 3.04. The first-order valence-electron chi connectivity index (χ1n) is 7.31. The highest BCUT2D eigenvalue weighted by atomic mass is 15.1. The predicted octanol–water partition coefficient (Wildman–Crippen LogP) is 2.99. The van der Waals surface area contributed by atoms with E-state index in [1.807, 2.05) is 0 Å². The predicted molar refractivity (Wildman–Crippen MR) is 76.3 cm³/mol. The normalized spacial score (nSPS) is 32.1. The van der Waals surface area contributed by atoms with Crippen LogP contribution in [0.5, 0.6) is 0 Å². The summed E-state index contributed by atoms with van der Waals surface area (Å²) < 4.78 is 0. The van der Waals surface area contributed by atoms with Crippen LogP contribution in [0, 0.1) is 17.8 Å². The Morgan fingerprint density at radius 1 is 1.18 bits per heavy atom. The largest absolute Gasteiger partial charge is 0.309 e. The van der Waals surface area contributed by atoms with Crippen LogP contribution in [0.25, 0.3) is 0 Å². The summed E-state index contributed by atoms with van der Waals surface area (Å²) in [5, 5.41) is 3.92. The monoisotopic (exact) mass is 240 g/mol. The molecule has 1 fully saturated rings. The van der Waals surface area contributed by atoms with Crippen molar-refractivity contribution in [2.75, 3.05) is 20.6 Å². The lowest BCUT2D eigenvalue weighted by molar-refractivity contribution is 0.183. The molecule has 0 aromatic rings. The van der Waals surface area contributed by atoms with Gasteiger partial charge in [-0.25, -0.2) is 0 Å². The average Bonchev–Trinajstić information content (AvgIpc) is 2.19. The first-order valence-corrected chi connectivity index (χ1v) is 7.31. The Balaban J connectivity index is 2.48. The van der Waals surface area contributed by atoms with Gasteiger partial charge in [0.25, 0.3) is 0 Å². The second kappa shape index (κ2) is 6.75. The minimum atomic E-state index is 0.630. The van der Waals surface area contributed by atoms with Gasteiger partial charge in [-0.05, 0) is 51.1 Å². The Morgan fingerprint density at radius 3 is 2.29 bits per heavy atom. The molecule has 0 aromatic carbocycles. The van der Waals surface area contributed by atoms with Gasteiger partial charge in [0, 0.05) is 18.6 Å². The molecule has 17 heavy (non-hydrogen) atoms. The average molecular weight is 240 g/mol. The molecule has 0 saturated heterocycles. The van der Waals surface area contributed by atoms with Gasteiger partial charge in [0.15, 0.2) is 0 Å². The number of likely N-dealkylation sites (N-methyl/N-ethyl adjacent to an activating group) is 1. The SMILES string of the molecule is CC1CCC(NC(CN(C)C)C(C)C)C(C)C1. The van der Waals surface area contributed by atoms with Crippen molar-refractivity contribution in [3.63, 3.8) is 0 Å². The van der Waals surface area contributed by atoms with Crippen LogP contribution in [-0.4, -0.2) is 37.6 Å². The zero-order chi connectivity index (χ0) is 13.0. The van der Waals surface area contributed by atoms with Crippen molar-refractivity contribution in [2.45, 2.75) is 59.0 Å². The summed E-state index contributed by atoms with van der Waals surface area (Å²) in [5.41, 5.74) is 0. The highest BCUT2D eigenvalue weighted by molar-refractivity contribution is 4.85. The van der Waals surface area contributed by atoms with E-state index in [9.17, 15) is 0 Å². The van der Waals surface area contributed by atoms with Crippen molar-refractivity contribution in [3.05, 3.63) is 0 Å². The lowest BCUT2D eigenvalue weighted by Crippen LogP contribution is -2.50. The zero-order valence-corrected chi connectivity index (χ0v) is 12.7. The Kier molecular flexibility index (Phi) is 5.94. The lowest BCUT2D eigenvalue weighted by Gasteiger charge is -2.38. The molecular formula is C15H32N2. The van der Waals surface area contributed by atoms with E-state index in [2.05, 4.69) is 52.0 Å². The standard InChI is InChI=1S/C15H32N2/c1-11(2)15(10-17(5)6)16-14-8-7-12(3)9-13(14)4/h11-16H,7-10H2,1-6H3. The van der Waals surface area contributed by atoms with Crippen molar-refractivity contribution < 1.29 is 0 Å². The van der Waals surface area contributed by atoms with Crippen LogP contribution in [0.3, 0.4) is 0 Å². The van der Waals surface area contributed by atoms with E-state index in [1.54, 1.807) is 0 Å². The van der Waals surface area contributed by atoms with Crippen molar-refractivity contribution >= 4 is 0 Å². The number of rotatable bonds is 5. The smallest absolute Gasteiger partial charge is 0.0220 e. The Labute approximate surface area is 108 Å². The second-order valence-corrected chi connectivity index (χ2v) is 6.78. The maximum Gasteiger partial charge on any atom is 0.0220 e. The summed E-state index contributed by atoms with van der Waals surface area (Å²) in [5.74, 6) is 2.47. The van der Waals surface area contributed by atoms with Crippen LogP contribution in [0.1, 0.15) is 47.0 Å². The number of hydrogen-bond acceptors (Lipinski definition) is 2. The van der Waals surface area contributed by atoms with E-state index in [0.29, 0.717) is 12.0 Å². The quantitative estimate of drug-likeness (QED) is 0.795. The highest BCUT2D eigenvalue weighted by Gasteiger charge is 2.28. The molecule has 1 aliphatic rings. The fourth-order valence-corrected chi connectivity index (χ4v) is 3.04. The zero-order valence-electron chi connectivity index (χ0n) is 12.7. The van der Waals surface area contributed by atoms with Gasteiger partial charge in [-0.15, -0.1) is 0 Å². The molecule has 1 rings (SSSR count). The van der Waals surface area contributed by atoms with Gasteiger partial charge in [0.05, 0.1) is 0 Å². The summed E-state index contributed by atoms with van der Waals surface area (Å²) in [6.07, 6.45) is 4.15. The third-order valence-corrected chi connectivity index (χ3v) is 4.23. The first-order chi connectivity index (χ1) is 7.90. The van der Waals surface area contributed by atoms with Gasteiger partial charge in [0.2, 0.25) is 0 Å². The molecule has 0 amide bonds. The molecule has 2 heteroatoms. The Hall–Kier alpha value is -0.0800. The summed E-state index contributed by atoms with van der Waals surface area (Å²) in [7, 11) is 4.34. The maximum atomic E-state index is 3.92. The van der Waals surface area contributed by atoms with Gasteiger partial charge < -0.3 is 10.2 Å². The van der Waals surface area contributed by atoms with Crippen LogP contribution in [0.2, 0.25) is 0 Å². The summed E-state index contributed by atoms with van der Waals surface area (Å²) in [6.45, 7) is 10.6. The van der Waals surface area contributed by atoms with Crippen molar-refractivity contribution in [1.29, 1.82) is 0 Å². The van der Waals surface area contributed by atoms with Gasteiger partial charge in [-0.1, -0.05) is 27.7 Å². The van der Waals surface area contributed by atoms with Crippen LogP contribution < -0.4 is 5.32 Å². The molecule has 0 bridgehead atoms. The highest BCUT2D eigenvalue weighted by Crippen LogP contribution is 2.29. The van der Waals surface area contributed by atoms with E-state index in [1.165, 1.54) is 19.3 Å². The van der Waals surface area contributed by atoms with Crippen LogP contribution in [0.15, 0.2) is 0 Å². The van der Waals surface area contributed by atoms with E-state index in [4.69, 9.17) is 0 Å². The van der Waals surface area contributed by atoms with E-state index < -0.39 is 0 Å². The molecule has 0 heterocycles. The van der Waals surface area contributed by atoms with Crippen molar-refractivity contribution in [1.82, 2.24) is 10.2 Å². The minimum Gasteiger partial charge on any atom is -0.309 e. The van der Waals surface area contributed by atoms with Gasteiger partial charge >= 0.3 is 0 Å². The Bertz CT molecular complexity index is 213. The van der Waals surface area contributed by atoms with E-state index in [-0.39, 0.29) is 0 Å². The molecular weight excluding hydrogens is 208 g/mol. The molecule has 1 N–H and O–H groups in total. The van der Waals surface area contributed by atoms with E-state index >= 15 is 0 Å². The Morgan fingerprint density at radius 2 is 1.82 bits per heavy atom. The van der Waals surface area contributed by atoms with Crippen LogP contribution in [0.4, 0.5) is 0 Å². The third kappa shape index (κ3) is 4.97. The molecule has 4 unspecified atom stereocenters. The van der Waals surface area contributed by atoms with Gasteiger partial charge in [-0.3, -0.25) is 0 Å². The summed E-state index contributed by atoms with van der Waals surface area (Å²) >= 11 is 0. The van der Waals surface area contributed by atoms with Gasteiger partial charge in [0.1, 0.15) is 0 Å². The fraction of sp³-hybridized carbons (Fsp3) is 1.00. The lowest BCUT2D eigenvalue weighted by atomic mass is 9.79. The molecule has 102 valence electrons. The molecule has 0 aromatic heterocycles. The molecule has 2 nitrogen and oxygen atoms in total. The molecule has 4 atom stereocenters. The molecule has 1 saturated carbocycles. The summed E-state index contributed by atoms with van der Waals surface area (Å²) in [6, 6.07) is 1.37. The topological polar surface area (TPSA) is 15.3 Å². The number of nitrogens with zero attached hydrogens (tertiary/aromatic N) is 1. The van der Waals surface area contributed by atoms with E-state index in [0.717, 1.165) is 24.4 Å². The van der Waals surface area contributed by atoms with Gasteiger partial charge in [-0.2, -0.15) is 0 Å². The molecule has 0 spiro atoms. The summed E-state index contributed by atoms with van der Waals surface area (Å²) in [4.78, 5) is 2.30. The van der Waals surface area contributed by atoms with Crippen molar-refractivity contribution in [2.24, 2.45) is 17.8 Å². The third-order valence-electron chi connectivity index (χ3n) is 4.23. The minimum absolute atomic E-state index is 0.630. The van der Waals surface area contributed by atoms with Crippen LogP contribution in [-0.2, 0) is 0 Å². The van der Waals surface area contributed by atoms with Crippen molar-refractivity contribution in [3.8, 4) is 0 Å². The molecule has 0 radical (unpaired) electrons. The first kappa shape index (κ1) is 15.0. The number of nitrogens with one attached hydrogen (secondary N) is 1. The maximum absolute atomic E-state index is 3.92. The van der Waals surface area contributed by atoms with Crippen LogP contribution >= 0.6 is 0 Å². The number of hydrogen-bond donors (Lipinski definition) is 1. The molecule has 1 aliphatic carbocycles.